The minimum absolute atomic E-state index is 0.213. The number of hydrogen-bond donors (Lipinski definition) is 2. The van der Waals surface area contributed by atoms with Gasteiger partial charge in [0.05, 0.1) is 0 Å². The maximum Gasteiger partial charge on any atom is 0.270 e. The molecule has 0 bridgehead atoms. The maximum absolute atomic E-state index is 12.4. The number of benzene rings is 2. The van der Waals surface area contributed by atoms with Crippen molar-refractivity contribution in [3.63, 3.8) is 0 Å². The molecule has 1 amide bonds. The summed E-state index contributed by atoms with van der Waals surface area (Å²) in [5.41, 5.74) is 1.98. The molecule has 0 atom stereocenters. The van der Waals surface area contributed by atoms with E-state index in [1.807, 2.05) is 30.3 Å². The van der Waals surface area contributed by atoms with Gasteiger partial charge in [0.2, 0.25) is 6.79 Å². The van der Waals surface area contributed by atoms with Crippen molar-refractivity contribution in [2.75, 3.05) is 12.1 Å². The molecule has 0 unspecified atom stereocenters. The fourth-order valence-electron chi connectivity index (χ4n) is 2.55. The summed E-state index contributed by atoms with van der Waals surface area (Å²) in [7, 11) is 0. The lowest BCUT2D eigenvalue weighted by Gasteiger charge is -2.08. The number of carbonyl (C=O) groups excluding carboxylic acids is 1. The summed E-state index contributed by atoms with van der Waals surface area (Å²) in [6, 6.07) is 14.3. The Bertz CT molecular complexity index is 979. The highest BCUT2D eigenvalue weighted by molar-refractivity contribution is 6.30. The van der Waals surface area contributed by atoms with Crippen molar-refractivity contribution >= 4 is 29.0 Å². The highest BCUT2D eigenvalue weighted by Crippen LogP contribution is 2.34. The Hall–Kier alpha value is -3.32. The van der Waals surface area contributed by atoms with Crippen LogP contribution < -0.4 is 20.1 Å². The van der Waals surface area contributed by atoms with Gasteiger partial charge in [-0.05, 0) is 29.8 Å². The number of nitrogens with one attached hydrogen (secondary N) is 2. The molecule has 3 aromatic rings. The molecule has 0 saturated heterocycles. The van der Waals surface area contributed by atoms with Crippen LogP contribution in [0.3, 0.4) is 0 Å². The third-order valence-corrected chi connectivity index (χ3v) is 4.16. The van der Waals surface area contributed by atoms with E-state index < -0.39 is 0 Å². The zero-order valence-electron chi connectivity index (χ0n) is 14.1. The number of carbonyl (C=O) groups is 1. The first kappa shape index (κ1) is 17.1. The molecule has 0 saturated carbocycles. The lowest BCUT2D eigenvalue weighted by Crippen LogP contribution is -2.24. The van der Waals surface area contributed by atoms with Crippen molar-refractivity contribution in [1.29, 1.82) is 0 Å². The van der Waals surface area contributed by atoms with Crippen molar-refractivity contribution in [3.05, 3.63) is 71.1 Å². The molecule has 136 valence electrons. The molecule has 0 spiro atoms. The second-order valence-corrected chi connectivity index (χ2v) is 6.23. The first-order valence-electron chi connectivity index (χ1n) is 8.19. The summed E-state index contributed by atoms with van der Waals surface area (Å²) < 4.78 is 10.6. The van der Waals surface area contributed by atoms with Gasteiger partial charge in [0.15, 0.2) is 11.5 Å². The zero-order valence-corrected chi connectivity index (χ0v) is 14.9. The van der Waals surface area contributed by atoms with Gasteiger partial charge < -0.3 is 20.1 Å². The topological polar surface area (TPSA) is 85.4 Å². The molecule has 0 fully saturated rings. The second kappa shape index (κ2) is 7.51. The van der Waals surface area contributed by atoms with E-state index in [2.05, 4.69) is 20.6 Å². The number of hydrogen-bond acceptors (Lipinski definition) is 6. The number of anilines is 2. The van der Waals surface area contributed by atoms with Crippen molar-refractivity contribution in [2.45, 2.75) is 6.54 Å². The molecule has 8 heteroatoms. The van der Waals surface area contributed by atoms with E-state index in [1.54, 1.807) is 18.2 Å². The van der Waals surface area contributed by atoms with Crippen LogP contribution in [0.15, 0.2) is 54.9 Å². The molecular formula is C19H15ClN4O3. The quantitative estimate of drug-likeness (QED) is 0.702. The van der Waals surface area contributed by atoms with Gasteiger partial charge in [-0.25, -0.2) is 9.97 Å². The van der Waals surface area contributed by atoms with E-state index in [1.165, 1.54) is 6.33 Å². The molecule has 1 aliphatic rings. The monoisotopic (exact) mass is 382 g/mol. The minimum atomic E-state index is -0.291. The number of nitrogens with zero attached hydrogens (tertiary/aromatic N) is 2. The normalized spacial score (nSPS) is 11.9. The SMILES string of the molecule is O=C(NCc1ccc(Cl)cc1)c1cc(Nc2ccc3c(c2)OCO3)ncn1. The molecule has 2 N–H and O–H groups in total. The minimum Gasteiger partial charge on any atom is -0.454 e. The van der Waals surface area contributed by atoms with E-state index in [0.29, 0.717) is 28.9 Å². The largest absolute Gasteiger partial charge is 0.454 e. The average Bonchev–Trinajstić information content (AvgIpc) is 3.15. The highest BCUT2D eigenvalue weighted by Gasteiger charge is 2.14. The fraction of sp³-hybridized carbons (Fsp3) is 0.105. The Balaban J connectivity index is 1.42. The van der Waals surface area contributed by atoms with E-state index in [0.717, 1.165) is 11.3 Å². The summed E-state index contributed by atoms with van der Waals surface area (Å²) >= 11 is 5.86. The van der Waals surface area contributed by atoms with Gasteiger partial charge in [0.25, 0.3) is 5.91 Å². The number of aromatic nitrogens is 2. The van der Waals surface area contributed by atoms with Gasteiger partial charge in [-0.15, -0.1) is 0 Å². The Morgan fingerprint density at radius 2 is 1.85 bits per heavy atom. The Kier molecular flexibility index (Phi) is 4.76. The summed E-state index contributed by atoms with van der Waals surface area (Å²) in [6.07, 6.45) is 1.34. The lowest BCUT2D eigenvalue weighted by molar-refractivity contribution is 0.0946. The van der Waals surface area contributed by atoms with Crippen molar-refractivity contribution in [3.8, 4) is 11.5 Å². The van der Waals surface area contributed by atoms with E-state index in [9.17, 15) is 4.79 Å². The summed E-state index contributed by atoms with van der Waals surface area (Å²) in [5, 5.41) is 6.60. The maximum atomic E-state index is 12.4. The standard InChI is InChI=1S/C19H15ClN4O3/c20-13-3-1-12(2-4-13)9-21-19(25)15-8-18(23-10-22-15)24-14-5-6-16-17(7-14)27-11-26-16/h1-8,10H,9,11H2,(H,21,25)(H,22,23,24). The number of fused-ring (bicyclic) bond motifs is 1. The number of rotatable bonds is 5. The van der Waals surface area contributed by atoms with Crippen LogP contribution in [-0.4, -0.2) is 22.7 Å². The molecule has 27 heavy (non-hydrogen) atoms. The Morgan fingerprint density at radius 3 is 2.70 bits per heavy atom. The summed E-state index contributed by atoms with van der Waals surface area (Å²) in [6.45, 7) is 0.592. The third-order valence-electron chi connectivity index (χ3n) is 3.91. The molecule has 0 aliphatic carbocycles. The van der Waals surface area contributed by atoms with Crippen molar-refractivity contribution in [2.24, 2.45) is 0 Å². The molecule has 2 aromatic carbocycles. The summed E-state index contributed by atoms with van der Waals surface area (Å²) in [5.74, 6) is 1.57. The number of halogens is 1. The van der Waals surface area contributed by atoms with Crippen LogP contribution in [0.25, 0.3) is 0 Å². The van der Waals surface area contributed by atoms with Crippen LogP contribution in [0.2, 0.25) is 5.02 Å². The molecule has 0 radical (unpaired) electrons. The molecule has 1 aliphatic heterocycles. The molecule has 4 rings (SSSR count). The van der Waals surface area contributed by atoms with E-state index in [4.69, 9.17) is 21.1 Å². The zero-order chi connectivity index (χ0) is 18.6. The van der Waals surface area contributed by atoms with Crippen molar-refractivity contribution in [1.82, 2.24) is 15.3 Å². The van der Waals surface area contributed by atoms with E-state index >= 15 is 0 Å². The van der Waals surface area contributed by atoms with Crippen LogP contribution in [0.5, 0.6) is 11.5 Å². The van der Waals surface area contributed by atoms with Crippen LogP contribution in [0, 0.1) is 0 Å². The Labute approximate surface area is 160 Å². The predicted octanol–water partition coefficient (Wildman–Crippen LogP) is 3.53. The van der Waals surface area contributed by atoms with Gasteiger partial charge in [-0.1, -0.05) is 23.7 Å². The van der Waals surface area contributed by atoms with Gasteiger partial charge >= 0.3 is 0 Å². The lowest BCUT2D eigenvalue weighted by atomic mass is 10.2. The van der Waals surface area contributed by atoms with Crippen LogP contribution in [0.4, 0.5) is 11.5 Å². The second-order valence-electron chi connectivity index (χ2n) is 5.79. The first-order chi connectivity index (χ1) is 13.2. The van der Waals surface area contributed by atoms with E-state index in [-0.39, 0.29) is 18.4 Å². The Morgan fingerprint density at radius 1 is 1.04 bits per heavy atom. The van der Waals surface area contributed by atoms with Gasteiger partial charge in [-0.2, -0.15) is 0 Å². The molecule has 1 aromatic heterocycles. The number of ether oxygens (including phenoxy) is 2. The molecule has 7 nitrogen and oxygen atoms in total. The van der Waals surface area contributed by atoms with Crippen LogP contribution >= 0.6 is 11.6 Å². The number of amides is 1. The van der Waals surface area contributed by atoms with Crippen LogP contribution in [0.1, 0.15) is 16.1 Å². The fourth-order valence-corrected chi connectivity index (χ4v) is 2.67. The first-order valence-corrected chi connectivity index (χ1v) is 8.56. The average molecular weight is 383 g/mol. The van der Waals surface area contributed by atoms with Gasteiger partial charge in [0.1, 0.15) is 17.8 Å². The highest BCUT2D eigenvalue weighted by atomic mass is 35.5. The van der Waals surface area contributed by atoms with Gasteiger partial charge in [-0.3, -0.25) is 4.79 Å². The van der Waals surface area contributed by atoms with Crippen LogP contribution in [-0.2, 0) is 6.54 Å². The molecule has 2 heterocycles. The predicted molar refractivity (Wildman–Crippen MR) is 101 cm³/mol. The third kappa shape index (κ3) is 4.09. The van der Waals surface area contributed by atoms with Crippen molar-refractivity contribution < 1.29 is 14.3 Å². The smallest absolute Gasteiger partial charge is 0.270 e. The van der Waals surface area contributed by atoms with Gasteiger partial charge in [0, 0.05) is 29.4 Å². The molecular weight excluding hydrogens is 368 g/mol. The summed E-state index contributed by atoms with van der Waals surface area (Å²) in [4.78, 5) is 20.5.